The number of hydrogen-bond donors (Lipinski definition) is 2. The molecular formula is C23H24F3N3O4. The molecule has 2 aliphatic rings. The first-order chi connectivity index (χ1) is 15.5. The molecule has 1 aromatic heterocycles. The van der Waals surface area contributed by atoms with Gasteiger partial charge in [-0.05, 0) is 49.1 Å². The number of carbonyl (C=O) groups excluding carboxylic acids is 2. The van der Waals surface area contributed by atoms with Crippen LogP contribution in [0.3, 0.4) is 0 Å². The van der Waals surface area contributed by atoms with Crippen molar-refractivity contribution in [3.05, 3.63) is 65.5 Å². The number of amides is 2. The number of halogens is 3. The molecule has 1 aromatic carbocycles. The predicted molar refractivity (Wildman–Crippen MR) is 112 cm³/mol. The van der Waals surface area contributed by atoms with E-state index in [1.54, 1.807) is 12.4 Å². The van der Waals surface area contributed by atoms with E-state index >= 15 is 0 Å². The summed E-state index contributed by atoms with van der Waals surface area (Å²) in [5, 5.41) is 10.2. The number of hydrogen-bond acceptors (Lipinski definition) is 4. The smallest absolute Gasteiger partial charge is 0.475 e. The van der Waals surface area contributed by atoms with Gasteiger partial charge in [0.05, 0.1) is 0 Å². The standard InChI is InChI=1S/C21H23N3O2.C2HF3O2/c1-15-4-2-3-5-17(15)20(26)24-11-8-21(14-24)12-18(21)19(25)23-13-16-6-9-22-10-7-16;3-2(4,5)1(6)7/h2-7,9-10,18H,8,11-14H2,1H3,(H,23,25);(H,6,7). The molecule has 1 aliphatic heterocycles. The van der Waals surface area contributed by atoms with Gasteiger partial charge in [0.1, 0.15) is 0 Å². The lowest BCUT2D eigenvalue weighted by Gasteiger charge is -2.18. The first kappa shape index (κ1) is 24.2. The summed E-state index contributed by atoms with van der Waals surface area (Å²) in [4.78, 5) is 40.1. The zero-order valence-electron chi connectivity index (χ0n) is 17.9. The Labute approximate surface area is 188 Å². The van der Waals surface area contributed by atoms with Gasteiger partial charge in [-0.1, -0.05) is 18.2 Å². The molecule has 33 heavy (non-hydrogen) atoms. The minimum atomic E-state index is -5.08. The van der Waals surface area contributed by atoms with E-state index in [0.717, 1.165) is 36.1 Å². The van der Waals surface area contributed by atoms with Crippen LogP contribution in [0.5, 0.6) is 0 Å². The van der Waals surface area contributed by atoms with Gasteiger partial charge in [-0.15, -0.1) is 0 Å². The van der Waals surface area contributed by atoms with Crippen LogP contribution in [-0.4, -0.2) is 52.0 Å². The van der Waals surface area contributed by atoms with E-state index in [1.165, 1.54) is 0 Å². The second kappa shape index (κ2) is 9.60. The molecule has 2 amide bonds. The number of likely N-dealkylation sites (tertiary alicyclic amines) is 1. The fourth-order valence-electron chi connectivity index (χ4n) is 4.03. The van der Waals surface area contributed by atoms with Gasteiger partial charge in [-0.25, -0.2) is 4.79 Å². The fourth-order valence-corrected chi connectivity index (χ4v) is 4.03. The quantitative estimate of drug-likeness (QED) is 0.726. The average Bonchev–Trinajstić information content (AvgIpc) is 3.32. The molecule has 10 heteroatoms. The lowest BCUT2D eigenvalue weighted by Crippen LogP contribution is -2.31. The van der Waals surface area contributed by atoms with Crippen LogP contribution < -0.4 is 5.32 Å². The molecule has 0 radical (unpaired) electrons. The number of aliphatic carboxylic acids is 1. The number of nitrogens with one attached hydrogen (secondary N) is 1. The molecule has 176 valence electrons. The topological polar surface area (TPSA) is 99.6 Å². The van der Waals surface area contributed by atoms with Crippen LogP contribution in [0.15, 0.2) is 48.8 Å². The number of aryl methyl sites for hydroxylation is 1. The molecule has 7 nitrogen and oxygen atoms in total. The Morgan fingerprint density at radius 1 is 1.18 bits per heavy atom. The molecule has 2 unspecified atom stereocenters. The third kappa shape index (κ3) is 5.88. The van der Waals surface area contributed by atoms with E-state index in [9.17, 15) is 22.8 Å². The largest absolute Gasteiger partial charge is 0.490 e. The lowest BCUT2D eigenvalue weighted by molar-refractivity contribution is -0.192. The molecule has 2 heterocycles. The van der Waals surface area contributed by atoms with Crippen LogP contribution in [0.25, 0.3) is 0 Å². The van der Waals surface area contributed by atoms with Gasteiger partial charge >= 0.3 is 12.1 Å². The van der Waals surface area contributed by atoms with Crippen LogP contribution >= 0.6 is 0 Å². The minimum Gasteiger partial charge on any atom is -0.475 e. The van der Waals surface area contributed by atoms with Crippen LogP contribution in [0, 0.1) is 18.3 Å². The summed E-state index contributed by atoms with van der Waals surface area (Å²) in [6.07, 6.45) is 0.170. The van der Waals surface area contributed by atoms with E-state index in [-0.39, 0.29) is 23.1 Å². The van der Waals surface area contributed by atoms with Crippen LogP contribution in [0.4, 0.5) is 13.2 Å². The summed E-state index contributed by atoms with van der Waals surface area (Å²) in [5.41, 5.74) is 2.80. The highest BCUT2D eigenvalue weighted by Gasteiger charge is 2.61. The highest BCUT2D eigenvalue weighted by atomic mass is 19.4. The van der Waals surface area contributed by atoms with E-state index < -0.39 is 12.1 Å². The van der Waals surface area contributed by atoms with E-state index in [1.807, 2.05) is 48.2 Å². The SMILES string of the molecule is Cc1ccccc1C(=O)N1CCC2(CC2C(=O)NCc2ccncc2)C1.O=C(O)C(F)(F)F. The van der Waals surface area contributed by atoms with Crippen LogP contribution in [-0.2, 0) is 16.1 Å². The third-order valence-electron chi connectivity index (χ3n) is 6.01. The van der Waals surface area contributed by atoms with E-state index in [0.29, 0.717) is 13.1 Å². The Bertz CT molecular complexity index is 1030. The number of carbonyl (C=O) groups is 3. The van der Waals surface area contributed by atoms with Crippen molar-refractivity contribution in [1.29, 1.82) is 0 Å². The number of aromatic nitrogens is 1. The molecule has 2 atom stereocenters. The van der Waals surface area contributed by atoms with Crippen LogP contribution in [0.1, 0.15) is 34.3 Å². The van der Waals surface area contributed by atoms with E-state index in [2.05, 4.69) is 10.3 Å². The predicted octanol–water partition coefficient (Wildman–Crippen LogP) is 3.19. The number of rotatable bonds is 4. The average molecular weight is 463 g/mol. The lowest BCUT2D eigenvalue weighted by atomic mass is 10.0. The van der Waals surface area contributed by atoms with Crippen molar-refractivity contribution in [3.63, 3.8) is 0 Å². The summed E-state index contributed by atoms with van der Waals surface area (Å²) in [5.74, 6) is -2.54. The fraction of sp³-hybridized carbons (Fsp3) is 0.391. The maximum Gasteiger partial charge on any atom is 0.490 e. The molecule has 1 aliphatic carbocycles. The number of carboxylic acids is 1. The first-order valence-electron chi connectivity index (χ1n) is 10.4. The minimum absolute atomic E-state index is 0.0132. The molecule has 2 fully saturated rings. The highest BCUT2D eigenvalue weighted by Crippen LogP contribution is 2.58. The third-order valence-corrected chi connectivity index (χ3v) is 6.01. The van der Waals surface area contributed by atoms with E-state index in [4.69, 9.17) is 9.90 Å². The van der Waals surface area contributed by atoms with Crippen molar-refractivity contribution in [2.24, 2.45) is 11.3 Å². The summed E-state index contributed by atoms with van der Waals surface area (Å²) >= 11 is 0. The molecule has 2 aromatic rings. The first-order valence-corrected chi connectivity index (χ1v) is 10.4. The maximum atomic E-state index is 12.8. The Morgan fingerprint density at radius 3 is 2.42 bits per heavy atom. The van der Waals surface area contributed by atoms with Crippen molar-refractivity contribution in [3.8, 4) is 0 Å². The van der Waals surface area contributed by atoms with Crippen molar-refractivity contribution < 1.29 is 32.7 Å². The molecule has 4 rings (SSSR count). The second-order valence-electron chi connectivity index (χ2n) is 8.29. The number of carboxylic acid groups (broad SMARTS) is 1. The van der Waals surface area contributed by atoms with Crippen molar-refractivity contribution in [1.82, 2.24) is 15.2 Å². The number of benzene rings is 1. The van der Waals surface area contributed by atoms with Gasteiger partial charge in [0.2, 0.25) is 5.91 Å². The zero-order valence-corrected chi connectivity index (χ0v) is 17.9. The Kier molecular flexibility index (Phi) is 7.04. The number of nitrogens with zero attached hydrogens (tertiary/aromatic N) is 2. The molecule has 0 bridgehead atoms. The molecule has 1 saturated heterocycles. The second-order valence-corrected chi connectivity index (χ2v) is 8.29. The maximum absolute atomic E-state index is 12.8. The van der Waals surface area contributed by atoms with Crippen molar-refractivity contribution >= 4 is 17.8 Å². The molecule has 1 spiro atoms. The van der Waals surface area contributed by atoms with Crippen LogP contribution in [0.2, 0.25) is 0 Å². The van der Waals surface area contributed by atoms with Crippen molar-refractivity contribution in [2.45, 2.75) is 32.5 Å². The zero-order chi connectivity index (χ0) is 24.2. The summed E-state index contributed by atoms with van der Waals surface area (Å²) in [6, 6.07) is 11.5. The Balaban J connectivity index is 0.000000383. The molecule has 1 saturated carbocycles. The van der Waals surface area contributed by atoms with Gasteiger partial charge in [-0.2, -0.15) is 13.2 Å². The highest BCUT2D eigenvalue weighted by molar-refractivity contribution is 5.96. The van der Waals surface area contributed by atoms with Gasteiger partial charge in [0, 0.05) is 48.9 Å². The molecule has 2 N–H and O–H groups in total. The normalized spacial score (nSPS) is 21.2. The Hall–Kier alpha value is -3.43. The van der Waals surface area contributed by atoms with Gasteiger partial charge in [0.25, 0.3) is 5.91 Å². The number of alkyl halides is 3. The molecular weight excluding hydrogens is 439 g/mol. The summed E-state index contributed by atoms with van der Waals surface area (Å²) in [7, 11) is 0. The van der Waals surface area contributed by atoms with Gasteiger partial charge in [-0.3, -0.25) is 14.6 Å². The van der Waals surface area contributed by atoms with Gasteiger partial charge in [0.15, 0.2) is 0 Å². The van der Waals surface area contributed by atoms with Gasteiger partial charge < -0.3 is 15.3 Å². The summed E-state index contributed by atoms with van der Waals surface area (Å²) < 4.78 is 31.7. The van der Waals surface area contributed by atoms with Crippen molar-refractivity contribution in [2.75, 3.05) is 13.1 Å². The monoisotopic (exact) mass is 463 g/mol. The summed E-state index contributed by atoms with van der Waals surface area (Å²) in [6.45, 7) is 3.92. The number of pyridine rings is 1. The Morgan fingerprint density at radius 2 is 1.82 bits per heavy atom.